The minimum absolute atomic E-state index is 0.120. The molecule has 1 heterocycles. The molecule has 0 spiro atoms. The van der Waals surface area contributed by atoms with Gasteiger partial charge in [-0.2, -0.15) is 0 Å². The van der Waals surface area contributed by atoms with Crippen molar-refractivity contribution in [2.75, 3.05) is 19.7 Å². The van der Waals surface area contributed by atoms with Crippen molar-refractivity contribution in [1.82, 2.24) is 10.2 Å². The Labute approximate surface area is 122 Å². The zero-order valence-electron chi connectivity index (χ0n) is 12.8. The zero-order valence-corrected chi connectivity index (χ0v) is 12.8. The molecular weight excluding hydrogens is 252 g/mol. The van der Waals surface area contributed by atoms with Crippen LogP contribution in [0, 0.1) is 5.92 Å². The normalized spacial score (nSPS) is 29.8. The second-order valence-electron chi connectivity index (χ2n) is 6.46. The molecule has 4 nitrogen and oxygen atoms in total. The lowest BCUT2D eigenvalue weighted by Gasteiger charge is -2.34. The summed E-state index contributed by atoms with van der Waals surface area (Å²) in [5.41, 5.74) is 0. The lowest BCUT2D eigenvalue weighted by Crippen LogP contribution is -2.51. The fourth-order valence-corrected chi connectivity index (χ4v) is 3.60. The minimum Gasteiger partial charge on any atom is -0.396 e. The van der Waals surface area contributed by atoms with E-state index in [1.807, 2.05) is 11.8 Å². The van der Waals surface area contributed by atoms with Crippen LogP contribution in [0.1, 0.15) is 58.3 Å². The van der Waals surface area contributed by atoms with Crippen molar-refractivity contribution < 1.29 is 9.90 Å². The molecule has 116 valence electrons. The molecule has 4 heteroatoms. The van der Waals surface area contributed by atoms with Crippen LogP contribution in [0.15, 0.2) is 0 Å². The van der Waals surface area contributed by atoms with Gasteiger partial charge >= 0.3 is 0 Å². The highest BCUT2D eigenvalue weighted by atomic mass is 16.3. The Balaban J connectivity index is 1.85. The number of likely N-dealkylation sites (tertiary alicyclic amines) is 1. The molecule has 3 unspecified atom stereocenters. The number of aliphatic hydroxyl groups is 1. The smallest absolute Gasteiger partial charge is 0.239 e. The van der Waals surface area contributed by atoms with Crippen molar-refractivity contribution in [3.8, 4) is 0 Å². The molecule has 0 aromatic carbocycles. The number of hydrogen-bond donors (Lipinski definition) is 2. The summed E-state index contributed by atoms with van der Waals surface area (Å²) in [4.78, 5) is 14.5. The largest absolute Gasteiger partial charge is 0.396 e. The van der Waals surface area contributed by atoms with Gasteiger partial charge in [-0.15, -0.1) is 0 Å². The molecule has 2 rings (SSSR count). The molecule has 2 N–H and O–H groups in total. The average Bonchev–Trinajstić information content (AvgIpc) is 2.76. The van der Waals surface area contributed by atoms with Crippen molar-refractivity contribution in [1.29, 1.82) is 0 Å². The first-order valence-electron chi connectivity index (χ1n) is 8.38. The molecule has 3 atom stereocenters. The second kappa shape index (κ2) is 7.99. The van der Waals surface area contributed by atoms with E-state index in [1.165, 1.54) is 25.7 Å². The molecule has 2 fully saturated rings. The van der Waals surface area contributed by atoms with Gasteiger partial charge in [-0.25, -0.2) is 0 Å². The number of hydrogen-bond acceptors (Lipinski definition) is 3. The third-order valence-electron chi connectivity index (χ3n) is 4.90. The Kier molecular flexibility index (Phi) is 6.30. The highest BCUT2D eigenvalue weighted by molar-refractivity contribution is 5.81. The van der Waals surface area contributed by atoms with Crippen LogP contribution in [0.2, 0.25) is 0 Å². The van der Waals surface area contributed by atoms with Crippen LogP contribution in [-0.4, -0.2) is 47.7 Å². The Morgan fingerprint density at radius 1 is 1.15 bits per heavy atom. The SMILES string of the molecule is CC(NC1CCCCC1CO)C(=O)N1CCCCCC1. The Morgan fingerprint density at radius 3 is 2.45 bits per heavy atom. The first-order chi connectivity index (χ1) is 9.72. The third-order valence-corrected chi connectivity index (χ3v) is 4.90. The summed E-state index contributed by atoms with van der Waals surface area (Å²) in [5, 5.41) is 12.9. The van der Waals surface area contributed by atoms with E-state index in [0.717, 1.165) is 38.8 Å². The maximum Gasteiger partial charge on any atom is 0.239 e. The number of rotatable bonds is 4. The van der Waals surface area contributed by atoms with E-state index >= 15 is 0 Å². The highest BCUT2D eigenvalue weighted by Gasteiger charge is 2.29. The van der Waals surface area contributed by atoms with Crippen molar-refractivity contribution in [3.63, 3.8) is 0 Å². The van der Waals surface area contributed by atoms with E-state index < -0.39 is 0 Å². The summed E-state index contributed by atoms with van der Waals surface area (Å²) in [6.07, 6.45) is 9.36. The molecule has 1 aliphatic carbocycles. The number of carbonyl (C=O) groups excluding carboxylic acids is 1. The van der Waals surface area contributed by atoms with Gasteiger partial charge in [-0.1, -0.05) is 25.7 Å². The lowest BCUT2D eigenvalue weighted by atomic mass is 9.84. The predicted molar refractivity (Wildman–Crippen MR) is 80.5 cm³/mol. The maximum absolute atomic E-state index is 12.5. The molecule has 0 aromatic rings. The Bertz CT molecular complexity index is 301. The molecular formula is C16H30N2O2. The summed E-state index contributed by atoms with van der Waals surface area (Å²) in [6, 6.07) is 0.185. The van der Waals surface area contributed by atoms with Crippen LogP contribution in [0.3, 0.4) is 0 Å². The van der Waals surface area contributed by atoms with Crippen LogP contribution in [0.4, 0.5) is 0 Å². The van der Waals surface area contributed by atoms with E-state index in [-0.39, 0.29) is 18.6 Å². The molecule has 2 aliphatic rings. The Hall–Kier alpha value is -0.610. The third kappa shape index (κ3) is 4.19. The van der Waals surface area contributed by atoms with Crippen molar-refractivity contribution >= 4 is 5.91 Å². The number of aliphatic hydroxyl groups excluding tert-OH is 1. The number of nitrogens with one attached hydrogen (secondary N) is 1. The fraction of sp³-hybridized carbons (Fsp3) is 0.938. The standard InChI is InChI=1S/C16H30N2O2/c1-13(16(20)18-10-6-2-3-7-11-18)17-15-9-5-4-8-14(15)12-19/h13-15,17,19H,2-12H2,1H3. The van der Waals surface area contributed by atoms with Crippen LogP contribution in [0.5, 0.6) is 0 Å². The van der Waals surface area contributed by atoms with Crippen molar-refractivity contribution in [2.24, 2.45) is 5.92 Å². The number of nitrogens with zero attached hydrogens (tertiary/aromatic N) is 1. The predicted octanol–water partition coefficient (Wildman–Crippen LogP) is 1.92. The molecule has 20 heavy (non-hydrogen) atoms. The molecule has 1 saturated carbocycles. The minimum atomic E-state index is -0.120. The van der Waals surface area contributed by atoms with Gasteiger partial charge in [0.25, 0.3) is 0 Å². The van der Waals surface area contributed by atoms with E-state index in [1.54, 1.807) is 0 Å². The number of amides is 1. The zero-order chi connectivity index (χ0) is 14.4. The van der Waals surface area contributed by atoms with Crippen LogP contribution < -0.4 is 5.32 Å². The molecule has 1 amide bonds. The summed E-state index contributed by atoms with van der Waals surface area (Å²) >= 11 is 0. The van der Waals surface area contributed by atoms with Crippen molar-refractivity contribution in [3.05, 3.63) is 0 Å². The summed E-state index contributed by atoms with van der Waals surface area (Å²) < 4.78 is 0. The Morgan fingerprint density at radius 2 is 1.80 bits per heavy atom. The molecule has 0 aromatic heterocycles. The van der Waals surface area contributed by atoms with Crippen LogP contribution >= 0.6 is 0 Å². The summed E-state index contributed by atoms with van der Waals surface area (Å²) in [5.74, 6) is 0.567. The van der Waals surface area contributed by atoms with E-state index in [9.17, 15) is 9.90 Å². The maximum atomic E-state index is 12.5. The summed E-state index contributed by atoms with van der Waals surface area (Å²) in [7, 11) is 0. The quantitative estimate of drug-likeness (QED) is 0.828. The van der Waals surface area contributed by atoms with Crippen LogP contribution in [-0.2, 0) is 4.79 Å². The van der Waals surface area contributed by atoms with Gasteiger partial charge in [0.2, 0.25) is 5.91 Å². The molecule has 0 radical (unpaired) electrons. The molecule has 0 bridgehead atoms. The summed E-state index contributed by atoms with van der Waals surface area (Å²) in [6.45, 7) is 4.05. The lowest BCUT2D eigenvalue weighted by molar-refractivity contribution is -0.133. The van der Waals surface area contributed by atoms with Gasteiger partial charge in [-0.3, -0.25) is 4.79 Å². The first kappa shape index (κ1) is 15.8. The number of carbonyl (C=O) groups is 1. The van der Waals surface area contributed by atoms with E-state index in [4.69, 9.17) is 0 Å². The van der Waals surface area contributed by atoms with Gasteiger partial charge in [0.05, 0.1) is 6.04 Å². The van der Waals surface area contributed by atoms with Gasteiger partial charge in [-0.05, 0) is 38.5 Å². The topological polar surface area (TPSA) is 52.6 Å². The van der Waals surface area contributed by atoms with E-state index in [2.05, 4.69) is 5.32 Å². The highest BCUT2D eigenvalue weighted by Crippen LogP contribution is 2.24. The second-order valence-corrected chi connectivity index (χ2v) is 6.46. The van der Waals surface area contributed by atoms with Gasteiger partial charge < -0.3 is 15.3 Å². The van der Waals surface area contributed by atoms with Crippen molar-refractivity contribution in [2.45, 2.75) is 70.4 Å². The van der Waals surface area contributed by atoms with Gasteiger partial charge in [0.15, 0.2) is 0 Å². The average molecular weight is 282 g/mol. The molecule has 1 saturated heterocycles. The van der Waals surface area contributed by atoms with Gasteiger partial charge in [0, 0.05) is 25.7 Å². The molecule has 1 aliphatic heterocycles. The van der Waals surface area contributed by atoms with Crippen LogP contribution in [0.25, 0.3) is 0 Å². The fourth-order valence-electron chi connectivity index (χ4n) is 3.60. The monoisotopic (exact) mass is 282 g/mol. The first-order valence-corrected chi connectivity index (χ1v) is 8.38. The van der Waals surface area contributed by atoms with Gasteiger partial charge in [0.1, 0.15) is 0 Å². The van der Waals surface area contributed by atoms with E-state index in [0.29, 0.717) is 12.0 Å².